The first-order valence-electron chi connectivity index (χ1n) is 11.4. The largest absolute Gasteiger partial charge is 0.533 e. The van der Waals surface area contributed by atoms with Crippen LogP contribution in [-0.2, 0) is 6.42 Å². The minimum Gasteiger partial charge on any atom is -0.533 e. The van der Waals surface area contributed by atoms with E-state index in [-0.39, 0.29) is 10.8 Å². The molecule has 0 aliphatic carbocycles. The fourth-order valence-corrected chi connectivity index (χ4v) is 9.11. The fraction of sp³-hybridized carbons (Fsp3) is 0.250. The van der Waals surface area contributed by atoms with Crippen molar-refractivity contribution in [2.75, 3.05) is 0 Å². The second kappa shape index (κ2) is 8.91. The summed E-state index contributed by atoms with van der Waals surface area (Å²) in [5.74, 6) is 0.554. The van der Waals surface area contributed by atoms with Gasteiger partial charge in [0.05, 0.1) is 5.39 Å². The molecule has 0 fully saturated rings. The second-order valence-electron chi connectivity index (χ2n) is 9.42. The Kier molecular flexibility index (Phi) is 6.17. The number of hydrogen-bond donors (Lipinski definition) is 1. The number of phenols is 1. The highest BCUT2D eigenvalue weighted by Crippen LogP contribution is 2.41. The Bertz CT molecular complexity index is 1270. The van der Waals surface area contributed by atoms with Gasteiger partial charge in [0.1, 0.15) is 17.1 Å². The molecule has 4 aromatic rings. The molecule has 1 aromatic heterocycles. The highest BCUT2D eigenvalue weighted by atomic mass is 28.4. The summed E-state index contributed by atoms with van der Waals surface area (Å²) in [6, 6.07) is 25.4. The Morgan fingerprint density at radius 1 is 0.909 bits per heavy atom. The number of rotatable bonds is 6. The van der Waals surface area contributed by atoms with E-state index in [1.165, 1.54) is 6.07 Å². The van der Waals surface area contributed by atoms with E-state index in [1.807, 2.05) is 36.4 Å². The summed E-state index contributed by atoms with van der Waals surface area (Å²) >= 11 is 0. The molecule has 1 N–H and O–H groups in total. The smallest absolute Gasteiger partial charge is 0.336 e. The van der Waals surface area contributed by atoms with E-state index in [1.54, 1.807) is 12.1 Å². The van der Waals surface area contributed by atoms with Crippen molar-refractivity contribution in [3.63, 3.8) is 0 Å². The number of aryl methyl sites for hydroxylation is 1. The van der Waals surface area contributed by atoms with Gasteiger partial charge >= 0.3 is 13.9 Å². The van der Waals surface area contributed by atoms with Crippen LogP contribution < -0.4 is 20.4 Å². The molecule has 0 unspecified atom stereocenters. The monoisotopic (exact) mass is 458 g/mol. The van der Waals surface area contributed by atoms with Gasteiger partial charge in [-0.2, -0.15) is 0 Å². The summed E-state index contributed by atoms with van der Waals surface area (Å²) in [4.78, 5) is 12.2. The maximum atomic E-state index is 12.2. The summed E-state index contributed by atoms with van der Waals surface area (Å²) < 4.78 is 12.7. The van der Waals surface area contributed by atoms with Crippen LogP contribution in [0.3, 0.4) is 0 Å². The molecule has 170 valence electrons. The summed E-state index contributed by atoms with van der Waals surface area (Å²) in [5, 5.41) is 13.3. The molecule has 0 spiro atoms. The molecule has 33 heavy (non-hydrogen) atoms. The van der Waals surface area contributed by atoms with Crippen molar-refractivity contribution < 1.29 is 13.9 Å². The Balaban J connectivity index is 2.07. The number of phenolic OH excluding ortho intramolecular Hbond substituents is 1. The highest BCUT2D eigenvalue weighted by Gasteiger charge is 2.52. The predicted molar refractivity (Wildman–Crippen MR) is 136 cm³/mol. The van der Waals surface area contributed by atoms with Crippen LogP contribution in [0.1, 0.15) is 39.7 Å². The molecule has 0 aliphatic rings. The maximum Gasteiger partial charge on any atom is 0.336 e. The molecular weight excluding hydrogens is 428 g/mol. The van der Waals surface area contributed by atoms with Gasteiger partial charge in [0.25, 0.3) is 0 Å². The Morgan fingerprint density at radius 3 is 2.00 bits per heavy atom. The molecule has 0 bridgehead atoms. The quantitative estimate of drug-likeness (QED) is 0.311. The first kappa shape index (κ1) is 22.9. The Hall–Kier alpha value is -3.31. The lowest BCUT2D eigenvalue weighted by atomic mass is 10.0. The SMILES string of the molecule is CCCc1cc(=O)oc2cc(O)cc(O[Si](c3ccccc3)(c3ccccc3)C(C)(C)C)c12. The topological polar surface area (TPSA) is 59.7 Å². The van der Waals surface area contributed by atoms with Crippen molar-refractivity contribution in [2.45, 2.75) is 45.6 Å². The molecule has 0 amide bonds. The molecule has 0 saturated carbocycles. The average molecular weight is 459 g/mol. The van der Waals surface area contributed by atoms with Crippen molar-refractivity contribution in [1.29, 1.82) is 0 Å². The fourth-order valence-electron chi connectivity index (χ4n) is 4.69. The van der Waals surface area contributed by atoms with Crippen molar-refractivity contribution in [3.05, 3.63) is 94.8 Å². The van der Waals surface area contributed by atoms with Crippen LogP contribution >= 0.6 is 0 Å². The van der Waals surface area contributed by atoms with Gasteiger partial charge in [-0.3, -0.25) is 0 Å². The first-order chi connectivity index (χ1) is 15.8. The molecular formula is C28H30O4Si. The number of benzene rings is 3. The van der Waals surface area contributed by atoms with E-state index in [0.29, 0.717) is 17.8 Å². The maximum absolute atomic E-state index is 12.2. The standard InChI is InChI=1S/C28H30O4Si/c1-5-12-20-17-26(30)31-24-18-21(29)19-25(27(20)24)32-33(28(2,3)4,22-13-8-6-9-14-22)23-15-10-7-11-16-23/h6-11,13-19,29H,5,12H2,1-4H3. The predicted octanol–water partition coefficient (Wildman–Crippen LogP) is 5.39. The lowest BCUT2D eigenvalue weighted by Gasteiger charge is -2.43. The van der Waals surface area contributed by atoms with Gasteiger partial charge in [0, 0.05) is 18.2 Å². The molecule has 0 atom stereocenters. The van der Waals surface area contributed by atoms with E-state index in [4.69, 9.17) is 8.84 Å². The minimum atomic E-state index is -2.92. The zero-order valence-corrected chi connectivity index (χ0v) is 20.6. The van der Waals surface area contributed by atoms with Gasteiger partial charge < -0.3 is 13.9 Å². The van der Waals surface area contributed by atoms with Crippen LogP contribution in [0.4, 0.5) is 0 Å². The van der Waals surface area contributed by atoms with E-state index in [0.717, 1.165) is 27.7 Å². The summed E-state index contributed by atoms with van der Waals surface area (Å²) in [6.45, 7) is 8.69. The van der Waals surface area contributed by atoms with Crippen LogP contribution in [0.5, 0.6) is 11.5 Å². The molecule has 4 nitrogen and oxygen atoms in total. The normalized spacial score (nSPS) is 12.1. The van der Waals surface area contributed by atoms with Crippen LogP contribution in [0, 0.1) is 0 Å². The third-order valence-corrected chi connectivity index (χ3v) is 11.0. The van der Waals surface area contributed by atoms with Crippen molar-refractivity contribution in [2.24, 2.45) is 0 Å². The van der Waals surface area contributed by atoms with Crippen LogP contribution in [0.2, 0.25) is 5.04 Å². The molecule has 4 rings (SSSR count). The van der Waals surface area contributed by atoms with Crippen molar-refractivity contribution in [3.8, 4) is 11.5 Å². The number of fused-ring (bicyclic) bond motifs is 1. The second-order valence-corrected chi connectivity index (χ2v) is 13.6. The lowest BCUT2D eigenvalue weighted by molar-refractivity contribution is 0.463. The van der Waals surface area contributed by atoms with E-state index in [2.05, 4.69) is 52.0 Å². The molecule has 1 heterocycles. The first-order valence-corrected chi connectivity index (χ1v) is 13.3. The summed E-state index contributed by atoms with van der Waals surface area (Å²) in [6.07, 6.45) is 1.59. The lowest BCUT2D eigenvalue weighted by Crippen LogP contribution is -2.68. The molecule has 0 aliphatic heterocycles. The van der Waals surface area contributed by atoms with Crippen LogP contribution in [0.25, 0.3) is 11.0 Å². The van der Waals surface area contributed by atoms with Crippen molar-refractivity contribution in [1.82, 2.24) is 0 Å². The third-order valence-electron chi connectivity index (χ3n) is 6.07. The zero-order chi connectivity index (χ0) is 23.6. The Morgan fingerprint density at radius 2 is 1.48 bits per heavy atom. The highest BCUT2D eigenvalue weighted by molar-refractivity contribution is 7.00. The molecule has 3 aromatic carbocycles. The van der Waals surface area contributed by atoms with Gasteiger partial charge in [-0.1, -0.05) is 94.8 Å². The summed E-state index contributed by atoms with van der Waals surface area (Å²) in [7, 11) is -2.92. The van der Waals surface area contributed by atoms with Gasteiger partial charge in [-0.15, -0.1) is 0 Å². The average Bonchev–Trinajstić information content (AvgIpc) is 2.77. The molecule has 5 heteroatoms. The van der Waals surface area contributed by atoms with E-state index in [9.17, 15) is 9.90 Å². The van der Waals surface area contributed by atoms with Gasteiger partial charge in [0.2, 0.25) is 0 Å². The van der Waals surface area contributed by atoms with Crippen LogP contribution in [0.15, 0.2) is 88.1 Å². The van der Waals surface area contributed by atoms with E-state index >= 15 is 0 Å². The summed E-state index contributed by atoms with van der Waals surface area (Å²) in [5.41, 5.74) is 0.795. The van der Waals surface area contributed by atoms with E-state index < -0.39 is 13.9 Å². The minimum absolute atomic E-state index is 0.00670. The van der Waals surface area contributed by atoms with Gasteiger partial charge in [-0.05, 0) is 27.4 Å². The third kappa shape index (κ3) is 4.21. The molecule has 0 radical (unpaired) electrons. The van der Waals surface area contributed by atoms with Crippen molar-refractivity contribution >= 4 is 29.7 Å². The zero-order valence-electron chi connectivity index (χ0n) is 19.6. The molecule has 0 saturated heterocycles. The van der Waals surface area contributed by atoms with Crippen LogP contribution in [-0.4, -0.2) is 13.4 Å². The van der Waals surface area contributed by atoms with Gasteiger partial charge in [0.15, 0.2) is 0 Å². The Labute approximate surface area is 195 Å². The number of aromatic hydroxyl groups is 1. The number of hydrogen-bond acceptors (Lipinski definition) is 4. The van der Waals surface area contributed by atoms with Gasteiger partial charge in [-0.25, -0.2) is 4.79 Å².